The fourth-order valence-corrected chi connectivity index (χ4v) is 14.2. The molecule has 9 nitrogen and oxygen atoms in total. The number of H-pyrrole nitrogens is 1. The molecule has 0 radical (unpaired) electrons. The van der Waals surface area contributed by atoms with Crippen LogP contribution in [0.15, 0.2) is 59.0 Å². The quantitative estimate of drug-likeness (QED) is 0.190. The summed E-state index contributed by atoms with van der Waals surface area (Å²) in [6.45, 7) is 16.7. The monoisotopic (exact) mass is 754 g/mol. The van der Waals surface area contributed by atoms with E-state index in [0.29, 0.717) is 30.2 Å². The molecule has 0 unspecified atom stereocenters. The van der Waals surface area contributed by atoms with Crippen molar-refractivity contribution in [1.29, 1.82) is 0 Å². The number of amides is 1. The van der Waals surface area contributed by atoms with Crippen molar-refractivity contribution in [3.05, 3.63) is 76.5 Å². The summed E-state index contributed by atoms with van der Waals surface area (Å²) >= 11 is 0. The summed E-state index contributed by atoms with van der Waals surface area (Å²) in [5.41, 5.74) is 3.70. The first-order valence-electron chi connectivity index (χ1n) is 19.6. The third-order valence-electron chi connectivity index (χ3n) is 16.2. The zero-order valence-electron chi connectivity index (χ0n) is 32.6. The lowest BCUT2D eigenvalue weighted by Gasteiger charge is -2.70. The van der Waals surface area contributed by atoms with Gasteiger partial charge < -0.3 is 15.2 Å². The fourth-order valence-electron chi connectivity index (χ4n) is 13.2. The number of hydrogen-bond acceptors (Lipinski definition) is 5. The highest BCUT2D eigenvalue weighted by Crippen LogP contribution is 2.75. The summed E-state index contributed by atoms with van der Waals surface area (Å²) in [6.07, 6.45) is 9.94. The molecule has 288 valence electrons. The van der Waals surface area contributed by atoms with E-state index < -0.39 is 33.3 Å². The molecule has 3 saturated carbocycles. The highest BCUT2D eigenvalue weighted by Gasteiger charge is 2.69. The molecule has 8 rings (SSSR count). The maximum atomic E-state index is 14.6. The molecule has 2 aromatic carbocycles. The normalized spacial score (nSPS) is 34.9. The molecule has 1 heterocycles. The lowest BCUT2D eigenvalue weighted by Crippen LogP contribution is -2.65. The number of nitrogens with one attached hydrogen (secondary N) is 2. The van der Waals surface area contributed by atoms with Gasteiger partial charge in [0.25, 0.3) is 10.0 Å². The molecule has 7 atom stereocenters. The number of fused-ring (bicyclic) bond motifs is 10. The summed E-state index contributed by atoms with van der Waals surface area (Å²) in [5.74, 6) is -1.86. The van der Waals surface area contributed by atoms with E-state index in [-0.39, 0.29) is 43.5 Å². The fraction of sp³-hybridized carbons (Fsp3) is 0.568. The minimum Gasteiger partial charge on any atom is -0.478 e. The molecule has 1 aromatic heterocycles. The number of benzene rings is 2. The zero-order valence-corrected chi connectivity index (χ0v) is 33.4. The van der Waals surface area contributed by atoms with Gasteiger partial charge in [0, 0.05) is 22.0 Å². The molecule has 0 bridgehead atoms. The predicted octanol–water partition coefficient (Wildman–Crippen LogP) is 8.88. The number of hydrogen-bond donors (Lipinski definition) is 4. The number of aromatic carboxylic acids is 2. The largest absolute Gasteiger partial charge is 0.478 e. The molecule has 3 aromatic rings. The van der Waals surface area contributed by atoms with Gasteiger partial charge in [0.2, 0.25) is 5.91 Å². The van der Waals surface area contributed by atoms with Gasteiger partial charge in [-0.1, -0.05) is 60.1 Å². The number of carboxylic acids is 2. The van der Waals surface area contributed by atoms with Gasteiger partial charge in [0.1, 0.15) is 0 Å². The summed E-state index contributed by atoms with van der Waals surface area (Å²) in [5, 5.41) is 20.2. The summed E-state index contributed by atoms with van der Waals surface area (Å²) in [6, 6.07) is 10.4. The molecule has 1 amide bonds. The predicted molar refractivity (Wildman–Crippen MR) is 207 cm³/mol. The lowest BCUT2D eigenvalue weighted by atomic mass is 9.33. The van der Waals surface area contributed by atoms with Crippen molar-refractivity contribution in [3.8, 4) is 0 Å². The van der Waals surface area contributed by atoms with E-state index >= 15 is 0 Å². The Morgan fingerprint density at radius 3 is 2.13 bits per heavy atom. The molecule has 5 aliphatic rings. The van der Waals surface area contributed by atoms with Gasteiger partial charge in [-0.2, -0.15) is 0 Å². The second kappa shape index (κ2) is 11.6. The number of rotatable bonds is 5. The van der Waals surface area contributed by atoms with Crippen molar-refractivity contribution < 1.29 is 33.0 Å². The van der Waals surface area contributed by atoms with Crippen LogP contribution >= 0.6 is 0 Å². The van der Waals surface area contributed by atoms with Crippen molar-refractivity contribution in [2.75, 3.05) is 0 Å². The molecule has 0 aliphatic heterocycles. The van der Waals surface area contributed by atoms with E-state index in [0.717, 1.165) is 55.8 Å². The molecule has 4 N–H and O–H groups in total. The van der Waals surface area contributed by atoms with Crippen LogP contribution in [0.4, 0.5) is 0 Å². The van der Waals surface area contributed by atoms with E-state index in [2.05, 4.69) is 64.2 Å². The minimum atomic E-state index is -4.23. The molecular formula is C44H54N2O7S. The second-order valence-electron chi connectivity index (χ2n) is 19.6. The Balaban J connectivity index is 1.18. The van der Waals surface area contributed by atoms with E-state index in [1.807, 2.05) is 12.1 Å². The highest BCUT2D eigenvalue weighted by atomic mass is 32.2. The standard InChI is InChI=1S/C44H54N2O7S/c1-39(2)18-20-44(38(51)46-54(52,53)27-11-8-25(9-12-27)36(47)48)21-19-42(6)30(31(44)24-39)13-15-34-41(5)23-29-28-22-26(37(49)50)10-14-32(28)45-35(29)40(3,4)33(41)16-17-43(34,42)7/h8-14,22,31,33-34,45H,15-21,23-24H2,1-7H3,(H,46,51)(H,47,48)(H,49,50)/t31-,33-,34+,41-,42+,43+,44-/m0/s1. The molecule has 3 fully saturated rings. The average Bonchev–Trinajstić information content (AvgIpc) is 3.46. The maximum absolute atomic E-state index is 14.6. The van der Waals surface area contributed by atoms with Gasteiger partial charge in [0.15, 0.2) is 0 Å². The Labute approximate surface area is 318 Å². The van der Waals surface area contributed by atoms with E-state index in [1.54, 1.807) is 6.07 Å². The van der Waals surface area contributed by atoms with Crippen LogP contribution in [0.25, 0.3) is 10.9 Å². The topological polar surface area (TPSA) is 154 Å². The van der Waals surface area contributed by atoms with Crippen LogP contribution in [0.1, 0.15) is 132 Å². The Kier molecular flexibility index (Phi) is 7.92. The highest BCUT2D eigenvalue weighted by molar-refractivity contribution is 7.90. The molecule has 10 heteroatoms. The van der Waals surface area contributed by atoms with Crippen LogP contribution in [0.2, 0.25) is 0 Å². The third-order valence-corrected chi connectivity index (χ3v) is 17.6. The number of sulfonamides is 1. The van der Waals surface area contributed by atoms with Crippen LogP contribution < -0.4 is 4.72 Å². The average molecular weight is 755 g/mol. The smallest absolute Gasteiger partial charge is 0.335 e. The summed E-state index contributed by atoms with van der Waals surface area (Å²) < 4.78 is 29.8. The second-order valence-corrected chi connectivity index (χ2v) is 21.3. The Bertz CT molecular complexity index is 2270. The van der Waals surface area contributed by atoms with E-state index in [9.17, 15) is 33.0 Å². The van der Waals surface area contributed by atoms with Gasteiger partial charge >= 0.3 is 11.9 Å². The van der Waals surface area contributed by atoms with Crippen LogP contribution in [0.3, 0.4) is 0 Å². The van der Waals surface area contributed by atoms with Crippen molar-refractivity contribution in [3.63, 3.8) is 0 Å². The van der Waals surface area contributed by atoms with Crippen molar-refractivity contribution in [1.82, 2.24) is 9.71 Å². The first-order chi connectivity index (χ1) is 25.1. The van der Waals surface area contributed by atoms with Crippen molar-refractivity contribution in [2.45, 2.75) is 117 Å². The Morgan fingerprint density at radius 1 is 0.815 bits per heavy atom. The van der Waals surface area contributed by atoms with Gasteiger partial charge in [-0.15, -0.1) is 0 Å². The molecule has 54 heavy (non-hydrogen) atoms. The first kappa shape index (κ1) is 37.0. The summed E-state index contributed by atoms with van der Waals surface area (Å²) in [7, 11) is -4.23. The van der Waals surface area contributed by atoms with Crippen LogP contribution in [-0.2, 0) is 26.7 Å². The molecule has 0 saturated heterocycles. The number of aromatic amines is 1. The van der Waals surface area contributed by atoms with Crippen molar-refractivity contribution in [2.24, 2.45) is 44.8 Å². The van der Waals surface area contributed by atoms with E-state index in [4.69, 9.17) is 0 Å². The zero-order chi connectivity index (χ0) is 39.0. The van der Waals surface area contributed by atoms with Crippen LogP contribution in [0, 0.1) is 44.8 Å². The van der Waals surface area contributed by atoms with Crippen LogP contribution in [-0.4, -0.2) is 41.5 Å². The number of carboxylic acid groups (broad SMARTS) is 2. The number of carbonyl (C=O) groups excluding carboxylic acids is 1. The minimum absolute atomic E-state index is 0.0194. The van der Waals surface area contributed by atoms with Gasteiger partial charge in [-0.25, -0.2) is 22.7 Å². The number of aromatic nitrogens is 1. The van der Waals surface area contributed by atoms with Crippen molar-refractivity contribution >= 4 is 38.8 Å². The summed E-state index contributed by atoms with van der Waals surface area (Å²) in [4.78, 5) is 41.6. The first-order valence-corrected chi connectivity index (χ1v) is 21.1. The van der Waals surface area contributed by atoms with E-state index in [1.165, 1.54) is 41.1 Å². The maximum Gasteiger partial charge on any atom is 0.335 e. The molecule has 5 aliphatic carbocycles. The number of allylic oxidation sites excluding steroid dienone is 2. The van der Waals surface area contributed by atoms with Gasteiger partial charge in [0.05, 0.1) is 21.4 Å². The Morgan fingerprint density at radius 2 is 1.46 bits per heavy atom. The molecular weight excluding hydrogens is 701 g/mol. The lowest BCUT2D eigenvalue weighted by molar-refractivity contribution is -0.166. The SMILES string of the molecule is CC1(C)CC[C@]2(C(=O)NS(=O)(=O)c3ccc(C(=O)O)cc3)CC[C@]3(C)C(=CC[C@@H]4[C@@]5(C)Cc6c([nH]c7ccc(C(=O)O)cc67)C(C)(C)[C@@H]5CC[C@]43C)[C@@H]2C1. The van der Waals surface area contributed by atoms with Gasteiger partial charge in [-0.05, 0) is 145 Å². The Hall–Kier alpha value is -3.92. The third kappa shape index (κ3) is 4.99. The molecule has 0 spiro atoms. The van der Waals surface area contributed by atoms with Crippen LogP contribution in [0.5, 0.6) is 0 Å². The number of carbonyl (C=O) groups is 3. The van der Waals surface area contributed by atoms with Gasteiger partial charge in [-0.3, -0.25) is 4.79 Å².